The first kappa shape index (κ1) is 23.2. The smallest absolute Gasteiger partial charge is 0.191 e. The number of hydrogen-bond donors (Lipinski definition) is 2. The lowest BCUT2D eigenvalue weighted by Gasteiger charge is -2.26. The molecule has 0 aliphatic heterocycles. The Balaban J connectivity index is 0.00000529. The largest absolute Gasteiger partial charge is 0.361 e. The molecule has 5 nitrogen and oxygen atoms in total. The minimum atomic E-state index is 0. The summed E-state index contributed by atoms with van der Waals surface area (Å²) in [5, 5.41) is 10.8. The molecule has 24 heavy (non-hydrogen) atoms. The number of hydrogen-bond acceptors (Lipinski definition) is 3. The third-order valence-corrected chi connectivity index (χ3v) is 4.26. The van der Waals surface area contributed by atoms with Crippen LogP contribution in [0, 0.1) is 19.3 Å². The number of unbranched alkanes of at least 4 members (excludes halogenated alkanes) is 2. The third kappa shape index (κ3) is 8.35. The standard InChI is InChI=1S/C18H34N4O.HI/c1-7-8-9-11-18(4,5)13-21-17(19-6)20-12-10-16-14(2)22-23-15(16)3;/h7-13H2,1-6H3,(H2,19,20,21);1H. The minimum Gasteiger partial charge on any atom is -0.361 e. The summed E-state index contributed by atoms with van der Waals surface area (Å²) in [5.74, 6) is 1.77. The zero-order valence-electron chi connectivity index (χ0n) is 16.2. The number of aromatic nitrogens is 1. The summed E-state index contributed by atoms with van der Waals surface area (Å²) in [6, 6.07) is 0. The molecule has 140 valence electrons. The van der Waals surface area contributed by atoms with E-state index in [4.69, 9.17) is 4.52 Å². The number of nitrogens with zero attached hydrogens (tertiary/aromatic N) is 2. The summed E-state index contributed by atoms with van der Waals surface area (Å²) < 4.78 is 5.19. The highest BCUT2D eigenvalue weighted by molar-refractivity contribution is 14.0. The van der Waals surface area contributed by atoms with Gasteiger partial charge in [0.15, 0.2) is 5.96 Å². The molecule has 1 rings (SSSR count). The first-order chi connectivity index (χ1) is 10.9. The summed E-state index contributed by atoms with van der Waals surface area (Å²) in [6.45, 7) is 12.6. The van der Waals surface area contributed by atoms with Gasteiger partial charge in [0, 0.05) is 25.7 Å². The number of guanidine groups is 1. The van der Waals surface area contributed by atoms with E-state index in [2.05, 4.69) is 41.6 Å². The van der Waals surface area contributed by atoms with Gasteiger partial charge in [0.25, 0.3) is 0 Å². The monoisotopic (exact) mass is 450 g/mol. The molecule has 0 aliphatic carbocycles. The van der Waals surface area contributed by atoms with Crippen LogP contribution in [0.3, 0.4) is 0 Å². The van der Waals surface area contributed by atoms with Crippen molar-refractivity contribution >= 4 is 29.9 Å². The average Bonchev–Trinajstić information content (AvgIpc) is 2.82. The lowest BCUT2D eigenvalue weighted by molar-refractivity contribution is 0.318. The van der Waals surface area contributed by atoms with Gasteiger partial charge in [0.2, 0.25) is 0 Å². The van der Waals surface area contributed by atoms with Crippen molar-refractivity contribution in [2.24, 2.45) is 10.4 Å². The Morgan fingerprint density at radius 2 is 1.92 bits per heavy atom. The molecule has 0 bridgehead atoms. The van der Waals surface area contributed by atoms with E-state index in [0.29, 0.717) is 0 Å². The quantitative estimate of drug-likeness (QED) is 0.256. The van der Waals surface area contributed by atoms with Crippen LogP contribution >= 0.6 is 24.0 Å². The normalized spacial score (nSPS) is 12.0. The Labute approximate surface area is 164 Å². The predicted octanol–water partition coefficient (Wildman–Crippen LogP) is 4.22. The summed E-state index contributed by atoms with van der Waals surface area (Å²) in [5.41, 5.74) is 2.45. The van der Waals surface area contributed by atoms with Crippen LogP contribution in [0.4, 0.5) is 0 Å². The highest BCUT2D eigenvalue weighted by Crippen LogP contribution is 2.22. The van der Waals surface area contributed by atoms with Gasteiger partial charge in [-0.3, -0.25) is 4.99 Å². The molecule has 6 heteroatoms. The fraction of sp³-hybridized carbons (Fsp3) is 0.778. The van der Waals surface area contributed by atoms with E-state index in [-0.39, 0.29) is 29.4 Å². The molecule has 0 saturated heterocycles. The summed E-state index contributed by atoms with van der Waals surface area (Å²) >= 11 is 0. The van der Waals surface area contributed by atoms with Crippen LogP contribution in [0.1, 0.15) is 63.5 Å². The second-order valence-corrected chi connectivity index (χ2v) is 7.03. The molecular formula is C18H35IN4O. The van der Waals surface area contributed by atoms with Gasteiger partial charge < -0.3 is 15.2 Å². The van der Waals surface area contributed by atoms with Gasteiger partial charge in [-0.1, -0.05) is 45.2 Å². The van der Waals surface area contributed by atoms with Gasteiger partial charge in [-0.2, -0.15) is 0 Å². The SMILES string of the molecule is CCCCCC(C)(C)CNC(=NC)NCCc1c(C)noc1C.I. The lowest BCUT2D eigenvalue weighted by atomic mass is 9.87. The Hall–Kier alpha value is -0.790. The van der Waals surface area contributed by atoms with Crippen molar-refractivity contribution in [3.05, 3.63) is 17.0 Å². The van der Waals surface area contributed by atoms with Crippen LogP contribution in [0.25, 0.3) is 0 Å². The van der Waals surface area contributed by atoms with Gasteiger partial charge in [-0.15, -0.1) is 24.0 Å². The maximum absolute atomic E-state index is 5.19. The Kier molecular flexibility index (Phi) is 11.3. The topological polar surface area (TPSA) is 62.5 Å². The molecule has 0 spiro atoms. The molecule has 0 atom stereocenters. The van der Waals surface area contributed by atoms with Crippen molar-refractivity contribution in [3.8, 4) is 0 Å². The van der Waals surface area contributed by atoms with Crippen molar-refractivity contribution < 1.29 is 4.52 Å². The number of aryl methyl sites for hydroxylation is 2. The van der Waals surface area contributed by atoms with Crippen molar-refractivity contribution in [3.63, 3.8) is 0 Å². The average molecular weight is 450 g/mol. The number of nitrogens with one attached hydrogen (secondary N) is 2. The van der Waals surface area contributed by atoms with Crippen molar-refractivity contribution in [2.75, 3.05) is 20.1 Å². The highest BCUT2D eigenvalue weighted by atomic mass is 127. The second-order valence-electron chi connectivity index (χ2n) is 7.03. The highest BCUT2D eigenvalue weighted by Gasteiger charge is 2.17. The van der Waals surface area contributed by atoms with E-state index in [0.717, 1.165) is 36.9 Å². The molecule has 1 aromatic heterocycles. The van der Waals surface area contributed by atoms with Crippen LogP contribution in [-0.4, -0.2) is 31.3 Å². The van der Waals surface area contributed by atoms with Crippen LogP contribution < -0.4 is 10.6 Å². The van der Waals surface area contributed by atoms with Crippen LogP contribution in [0.2, 0.25) is 0 Å². The Morgan fingerprint density at radius 1 is 1.21 bits per heavy atom. The molecular weight excluding hydrogens is 415 g/mol. The number of aliphatic imine (C=N–C) groups is 1. The van der Waals surface area contributed by atoms with Gasteiger partial charge in [-0.25, -0.2) is 0 Å². The molecule has 0 unspecified atom stereocenters. The number of rotatable bonds is 9. The van der Waals surface area contributed by atoms with Crippen molar-refractivity contribution in [1.82, 2.24) is 15.8 Å². The van der Waals surface area contributed by atoms with E-state index < -0.39 is 0 Å². The van der Waals surface area contributed by atoms with Crippen LogP contribution in [-0.2, 0) is 6.42 Å². The molecule has 1 aromatic rings. The minimum absolute atomic E-state index is 0. The second kappa shape index (κ2) is 11.7. The van der Waals surface area contributed by atoms with E-state index in [1.807, 2.05) is 20.9 Å². The number of halogens is 1. The molecule has 0 radical (unpaired) electrons. The Morgan fingerprint density at radius 3 is 2.46 bits per heavy atom. The molecule has 0 saturated carbocycles. The van der Waals surface area contributed by atoms with Gasteiger partial charge >= 0.3 is 0 Å². The fourth-order valence-corrected chi connectivity index (χ4v) is 2.65. The van der Waals surface area contributed by atoms with Gasteiger partial charge in [-0.05, 0) is 32.1 Å². The first-order valence-electron chi connectivity index (χ1n) is 8.76. The molecule has 0 fully saturated rings. The predicted molar refractivity (Wildman–Crippen MR) is 112 cm³/mol. The zero-order valence-corrected chi connectivity index (χ0v) is 18.5. The molecule has 0 amide bonds. The molecule has 2 N–H and O–H groups in total. The first-order valence-corrected chi connectivity index (χ1v) is 8.76. The van der Waals surface area contributed by atoms with Crippen LogP contribution in [0.15, 0.2) is 9.52 Å². The summed E-state index contributed by atoms with van der Waals surface area (Å²) in [7, 11) is 1.81. The Bertz CT molecular complexity index is 478. The van der Waals surface area contributed by atoms with Gasteiger partial charge in [0.1, 0.15) is 5.76 Å². The molecule has 0 aliphatic rings. The van der Waals surface area contributed by atoms with Crippen molar-refractivity contribution in [2.45, 2.75) is 66.7 Å². The molecule has 1 heterocycles. The molecule has 0 aromatic carbocycles. The fourth-order valence-electron chi connectivity index (χ4n) is 2.65. The van der Waals surface area contributed by atoms with E-state index in [9.17, 15) is 0 Å². The summed E-state index contributed by atoms with van der Waals surface area (Å²) in [4.78, 5) is 4.31. The zero-order chi connectivity index (χ0) is 17.3. The van der Waals surface area contributed by atoms with Crippen molar-refractivity contribution in [1.29, 1.82) is 0 Å². The maximum atomic E-state index is 5.19. The third-order valence-electron chi connectivity index (χ3n) is 4.26. The maximum Gasteiger partial charge on any atom is 0.191 e. The van der Waals surface area contributed by atoms with E-state index >= 15 is 0 Å². The lowest BCUT2D eigenvalue weighted by Crippen LogP contribution is -2.42. The van der Waals surface area contributed by atoms with Gasteiger partial charge in [0.05, 0.1) is 5.69 Å². The summed E-state index contributed by atoms with van der Waals surface area (Å²) in [6.07, 6.45) is 6.01. The van der Waals surface area contributed by atoms with Crippen LogP contribution in [0.5, 0.6) is 0 Å². The van der Waals surface area contributed by atoms with E-state index in [1.165, 1.54) is 31.2 Å². The van der Waals surface area contributed by atoms with E-state index in [1.54, 1.807) is 0 Å².